The summed E-state index contributed by atoms with van der Waals surface area (Å²) in [5, 5.41) is 3.56. The van der Waals surface area contributed by atoms with Gasteiger partial charge in [-0.3, -0.25) is 0 Å². The SMILES string of the molecule is c1ccc(Cn2ccnc2NC2CCCC2)cc1. The molecule has 1 aromatic heterocycles. The summed E-state index contributed by atoms with van der Waals surface area (Å²) in [6.45, 7) is 0.885. The monoisotopic (exact) mass is 241 g/mol. The second-order valence-corrected chi connectivity index (χ2v) is 4.99. The second kappa shape index (κ2) is 5.25. The van der Waals surface area contributed by atoms with E-state index >= 15 is 0 Å². The molecule has 3 rings (SSSR count). The topological polar surface area (TPSA) is 29.9 Å². The Kier molecular flexibility index (Phi) is 3.31. The number of aromatic nitrogens is 2. The van der Waals surface area contributed by atoms with Gasteiger partial charge < -0.3 is 9.88 Å². The van der Waals surface area contributed by atoms with E-state index in [1.54, 1.807) is 0 Å². The zero-order chi connectivity index (χ0) is 12.2. The van der Waals surface area contributed by atoms with Crippen LogP contribution in [0.1, 0.15) is 31.2 Å². The lowest BCUT2D eigenvalue weighted by atomic mass is 10.2. The fourth-order valence-electron chi connectivity index (χ4n) is 2.61. The lowest BCUT2D eigenvalue weighted by Crippen LogP contribution is -2.18. The highest BCUT2D eigenvalue weighted by molar-refractivity contribution is 5.29. The van der Waals surface area contributed by atoms with Crippen LogP contribution in [-0.2, 0) is 6.54 Å². The predicted octanol–water partition coefficient (Wildman–Crippen LogP) is 3.29. The summed E-state index contributed by atoms with van der Waals surface area (Å²) in [5.41, 5.74) is 1.31. The maximum atomic E-state index is 4.43. The fourth-order valence-corrected chi connectivity index (χ4v) is 2.61. The summed E-state index contributed by atoms with van der Waals surface area (Å²) in [4.78, 5) is 4.43. The lowest BCUT2D eigenvalue weighted by Gasteiger charge is -2.14. The van der Waals surface area contributed by atoms with Crippen LogP contribution in [0.2, 0.25) is 0 Å². The number of hydrogen-bond donors (Lipinski definition) is 1. The van der Waals surface area contributed by atoms with Gasteiger partial charge in [0, 0.05) is 18.4 Å². The maximum absolute atomic E-state index is 4.43. The molecule has 0 unspecified atom stereocenters. The molecule has 1 aromatic carbocycles. The molecule has 0 bridgehead atoms. The molecule has 0 saturated heterocycles. The van der Waals surface area contributed by atoms with Crippen LogP contribution in [-0.4, -0.2) is 15.6 Å². The zero-order valence-corrected chi connectivity index (χ0v) is 10.5. The molecule has 1 aliphatic rings. The summed E-state index contributed by atoms with van der Waals surface area (Å²) in [7, 11) is 0. The molecule has 3 heteroatoms. The molecule has 94 valence electrons. The van der Waals surface area contributed by atoms with Crippen molar-refractivity contribution < 1.29 is 0 Å². The maximum Gasteiger partial charge on any atom is 0.203 e. The number of rotatable bonds is 4. The van der Waals surface area contributed by atoms with Gasteiger partial charge in [0.05, 0.1) is 6.54 Å². The van der Waals surface area contributed by atoms with Crippen molar-refractivity contribution >= 4 is 5.95 Å². The smallest absolute Gasteiger partial charge is 0.203 e. The van der Waals surface area contributed by atoms with Gasteiger partial charge in [-0.2, -0.15) is 0 Å². The Bertz CT molecular complexity index is 483. The van der Waals surface area contributed by atoms with Crippen LogP contribution in [0.25, 0.3) is 0 Å². The predicted molar refractivity (Wildman–Crippen MR) is 73.6 cm³/mol. The van der Waals surface area contributed by atoms with Gasteiger partial charge >= 0.3 is 0 Å². The first-order chi connectivity index (χ1) is 8.92. The van der Waals surface area contributed by atoms with Gasteiger partial charge in [0.1, 0.15) is 0 Å². The minimum atomic E-state index is 0.613. The van der Waals surface area contributed by atoms with Crippen molar-refractivity contribution in [3.05, 3.63) is 48.3 Å². The molecule has 0 atom stereocenters. The average molecular weight is 241 g/mol. The highest BCUT2D eigenvalue weighted by Crippen LogP contribution is 2.21. The van der Waals surface area contributed by atoms with E-state index in [0.717, 1.165) is 12.5 Å². The minimum Gasteiger partial charge on any atom is -0.353 e. The number of anilines is 1. The normalized spacial score (nSPS) is 16.0. The summed E-state index contributed by atoms with van der Waals surface area (Å²) in [6.07, 6.45) is 9.16. The number of benzene rings is 1. The van der Waals surface area contributed by atoms with E-state index in [1.165, 1.54) is 31.2 Å². The van der Waals surface area contributed by atoms with E-state index in [9.17, 15) is 0 Å². The fraction of sp³-hybridized carbons (Fsp3) is 0.400. The van der Waals surface area contributed by atoms with Gasteiger partial charge in [0.25, 0.3) is 0 Å². The van der Waals surface area contributed by atoms with Gasteiger partial charge in [-0.1, -0.05) is 43.2 Å². The third kappa shape index (κ3) is 2.55. The van der Waals surface area contributed by atoms with Crippen molar-refractivity contribution in [1.82, 2.24) is 9.55 Å². The van der Waals surface area contributed by atoms with Crippen LogP contribution in [0.15, 0.2) is 42.7 Å². The first-order valence-corrected chi connectivity index (χ1v) is 6.73. The van der Waals surface area contributed by atoms with Gasteiger partial charge in [0.15, 0.2) is 0 Å². The van der Waals surface area contributed by atoms with Gasteiger partial charge in [-0.05, 0) is 18.4 Å². The van der Waals surface area contributed by atoms with Crippen molar-refractivity contribution in [1.29, 1.82) is 0 Å². The molecule has 18 heavy (non-hydrogen) atoms. The Morgan fingerprint density at radius 3 is 2.72 bits per heavy atom. The molecule has 1 fully saturated rings. The van der Waals surface area contributed by atoms with Crippen LogP contribution < -0.4 is 5.32 Å². The largest absolute Gasteiger partial charge is 0.353 e. The van der Waals surface area contributed by atoms with E-state index < -0.39 is 0 Å². The molecule has 1 heterocycles. The van der Waals surface area contributed by atoms with Crippen molar-refractivity contribution in [3.8, 4) is 0 Å². The van der Waals surface area contributed by atoms with Crippen LogP contribution in [0, 0.1) is 0 Å². The molecule has 0 radical (unpaired) electrons. The minimum absolute atomic E-state index is 0.613. The number of nitrogens with zero attached hydrogens (tertiary/aromatic N) is 2. The van der Waals surface area contributed by atoms with Crippen LogP contribution in [0.5, 0.6) is 0 Å². The van der Waals surface area contributed by atoms with E-state index in [-0.39, 0.29) is 0 Å². The van der Waals surface area contributed by atoms with Crippen molar-refractivity contribution in [3.63, 3.8) is 0 Å². The molecular weight excluding hydrogens is 222 g/mol. The molecule has 0 spiro atoms. The van der Waals surface area contributed by atoms with Crippen molar-refractivity contribution in [2.45, 2.75) is 38.3 Å². The zero-order valence-electron chi connectivity index (χ0n) is 10.5. The molecule has 3 nitrogen and oxygen atoms in total. The van der Waals surface area contributed by atoms with E-state index in [0.29, 0.717) is 6.04 Å². The molecule has 0 aliphatic heterocycles. The van der Waals surface area contributed by atoms with Crippen molar-refractivity contribution in [2.24, 2.45) is 0 Å². The summed E-state index contributed by atoms with van der Waals surface area (Å²) < 4.78 is 2.19. The third-order valence-corrected chi connectivity index (χ3v) is 3.60. The quantitative estimate of drug-likeness (QED) is 0.890. The van der Waals surface area contributed by atoms with E-state index in [1.807, 2.05) is 12.4 Å². The Labute approximate surface area is 108 Å². The standard InChI is InChI=1S/C15H19N3/c1-2-6-13(7-3-1)12-18-11-10-16-15(18)17-14-8-4-5-9-14/h1-3,6-7,10-11,14H,4-5,8-9,12H2,(H,16,17). The first-order valence-electron chi connectivity index (χ1n) is 6.73. The van der Waals surface area contributed by atoms with Gasteiger partial charge in [0.2, 0.25) is 5.95 Å². The Morgan fingerprint density at radius 2 is 1.94 bits per heavy atom. The van der Waals surface area contributed by atoms with Gasteiger partial charge in [-0.25, -0.2) is 4.98 Å². The highest BCUT2D eigenvalue weighted by Gasteiger charge is 2.16. The molecule has 1 aliphatic carbocycles. The Morgan fingerprint density at radius 1 is 1.17 bits per heavy atom. The lowest BCUT2D eigenvalue weighted by molar-refractivity contribution is 0.716. The summed E-state index contributed by atoms with van der Waals surface area (Å²) >= 11 is 0. The number of nitrogens with one attached hydrogen (secondary N) is 1. The van der Waals surface area contributed by atoms with E-state index in [2.05, 4.69) is 45.2 Å². The van der Waals surface area contributed by atoms with Crippen LogP contribution >= 0.6 is 0 Å². The highest BCUT2D eigenvalue weighted by atomic mass is 15.2. The number of imidazole rings is 1. The average Bonchev–Trinajstić information content (AvgIpc) is 3.04. The Hall–Kier alpha value is -1.77. The summed E-state index contributed by atoms with van der Waals surface area (Å²) in [6, 6.07) is 11.1. The van der Waals surface area contributed by atoms with Crippen LogP contribution in [0.4, 0.5) is 5.95 Å². The van der Waals surface area contributed by atoms with Crippen LogP contribution in [0.3, 0.4) is 0 Å². The first kappa shape index (κ1) is 11.3. The summed E-state index contributed by atoms with van der Waals surface area (Å²) in [5.74, 6) is 1.01. The number of hydrogen-bond acceptors (Lipinski definition) is 2. The Balaban J connectivity index is 1.71. The van der Waals surface area contributed by atoms with Gasteiger partial charge in [-0.15, -0.1) is 0 Å². The van der Waals surface area contributed by atoms with E-state index in [4.69, 9.17) is 0 Å². The third-order valence-electron chi connectivity index (χ3n) is 3.60. The molecule has 1 saturated carbocycles. The molecule has 0 amide bonds. The molecular formula is C15H19N3. The second-order valence-electron chi connectivity index (χ2n) is 4.99. The molecule has 1 N–H and O–H groups in total. The van der Waals surface area contributed by atoms with Crippen molar-refractivity contribution in [2.75, 3.05) is 5.32 Å². The molecule has 2 aromatic rings.